The molecule has 1 rings (SSSR count). The van der Waals surface area contributed by atoms with Gasteiger partial charge in [0.25, 0.3) is 0 Å². The summed E-state index contributed by atoms with van der Waals surface area (Å²) in [5, 5.41) is 27.8. The number of aliphatic hydroxyl groups excluding tert-OH is 3. The van der Waals surface area contributed by atoms with E-state index in [-0.39, 0.29) is 12.7 Å². The Morgan fingerprint density at radius 3 is 2.38 bits per heavy atom. The Kier molecular flexibility index (Phi) is 3.63. The van der Waals surface area contributed by atoms with E-state index in [0.717, 1.165) is 0 Å². The molecular formula is C8H16O5. The Morgan fingerprint density at radius 1 is 1.31 bits per heavy atom. The van der Waals surface area contributed by atoms with Gasteiger partial charge in [0.05, 0.1) is 12.7 Å². The van der Waals surface area contributed by atoms with Gasteiger partial charge in [0.15, 0.2) is 0 Å². The third-order valence-corrected chi connectivity index (χ3v) is 2.37. The van der Waals surface area contributed by atoms with E-state index in [0.29, 0.717) is 0 Å². The summed E-state index contributed by atoms with van der Waals surface area (Å²) >= 11 is 0. The molecule has 1 saturated heterocycles. The molecular weight excluding hydrogens is 176 g/mol. The number of hydrogen-bond acceptors (Lipinski definition) is 5. The minimum absolute atomic E-state index is 0.307. The van der Waals surface area contributed by atoms with Crippen molar-refractivity contribution < 1.29 is 24.8 Å². The molecule has 0 aromatic rings. The van der Waals surface area contributed by atoms with Crippen molar-refractivity contribution in [2.75, 3.05) is 13.7 Å². The van der Waals surface area contributed by atoms with Crippen LogP contribution in [0.2, 0.25) is 0 Å². The first-order valence-electron chi connectivity index (χ1n) is 4.27. The summed E-state index contributed by atoms with van der Waals surface area (Å²) in [6, 6.07) is 0. The molecule has 0 aliphatic carbocycles. The van der Waals surface area contributed by atoms with Gasteiger partial charge in [0, 0.05) is 7.11 Å². The summed E-state index contributed by atoms with van der Waals surface area (Å²) in [5.74, 6) is 0. The molecule has 5 heteroatoms. The van der Waals surface area contributed by atoms with Crippen LogP contribution in [-0.4, -0.2) is 59.6 Å². The molecule has 4 unspecified atom stereocenters. The highest BCUT2D eigenvalue weighted by atomic mass is 16.6. The summed E-state index contributed by atoms with van der Waals surface area (Å²) in [7, 11) is 1.44. The maximum absolute atomic E-state index is 9.54. The highest BCUT2D eigenvalue weighted by Crippen LogP contribution is 2.22. The lowest BCUT2D eigenvalue weighted by molar-refractivity contribution is -0.230. The molecule has 13 heavy (non-hydrogen) atoms. The third kappa shape index (κ3) is 2.00. The van der Waals surface area contributed by atoms with Crippen molar-refractivity contribution >= 4 is 0 Å². The van der Waals surface area contributed by atoms with E-state index in [1.807, 2.05) is 0 Å². The minimum Gasteiger partial charge on any atom is -0.394 e. The standard InChI is InChI=1S/C8H16O5/c1-4-8(12-2)7(11)6(10)5(3-9)13-4/h4-11H,3H2,1-2H3/t4-,5?,6?,7?,8?/m1/s1. The van der Waals surface area contributed by atoms with Crippen LogP contribution in [0.3, 0.4) is 0 Å². The Labute approximate surface area is 76.9 Å². The van der Waals surface area contributed by atoms with E-state index >= 15 is 0 Å². The van der Waals surface area contributed by atoms with Crippen LogP contribution in [0.15, 0.2) is 0 Å². The van der Waals surface area contributed by atoms with Crippen LogP contribution in [0, 0.1) is 0 Å². The van der Waals surface area contributed by atoms with E-state index in [2.05, 4.69) is 0 Å². The van der Waals surface area contributed by atoms with Gasteiger partial charge in [-0.2, -0.15) is 0 Å². The Morgan fingerprint density at radius 2 is 1.92 bits per heavy atom. The molecule has 1 aliphatic heterocycles. The normalized spacial score (nSPS) is 46.4. The molecule has 0 saturated carbocycles. The first kappa shape index (κ1) is 10.9. The van der Waals surface area contributed by atoms with Gasteiger partial charge in [0.1, 0.15) is 24.4 Å². The number of ether oxygens (including phenoxy) is 2. The monoisotopic (exact) mass is 192 g/mol. The van der Waals surface area contributed by atoms with Gasteiger partial charge >= 0.3 is 0 Å². The maximum atomic E-state index is 9.54. The molecule has 5 nitrogen and oxygen atoms in total. The Balaban J connectivity index is 2.66. The van der Waals surface area contributed by atoms with Gasteiger partial charge in [-0.1, -0.05) is 0 Å². The quantitative estimate of drug-likeness (QED) is 0.496. The van der Waals surface area contributed by atoms with Crippen molar-refractivity contribution in [2.24, 2.45) is 0 Å². The summed E-state index contributed by atoms with van der Waals surface area (Å²) in [6.07, 6.45) is -3.70. The zero-order chi connectivity index (χ0) is 10.0. The number of hydrogen-bond donors (Lipinski definition) is 3. The van der Waals surface area contributed by atoms with Crippen LogP contribution in [0.5, 0.6) is 0 Å². The second-order valence-electron chi connectivity index (χ2n) is 3.24. The Bertz CT molecular complexity index is 163. The van der Waals surface area contributed by atoms with E-state index in [9.17, 15) is 10.2 Å². The smallest absolute Gasteiger partial charge is 0.111 e. The highest BCUT2D eigenvalue weighted by Gasteiger charge is 2.42. The molecule has 0 radical (unpaired) electrons. The van der Waals surface area contributed by atoms with Gasteiger partial charge in [-0.25, -0.2) is 0 Å². The van der Waals surface area contributed by atoms with Gasteiger partial charge in [-0.15, -0.1) is 0 Å². The van der Waals surface area contributed by atoms with E-state index in [1.54, 1.807) is 6.92 Å². The van der Waals surface area contributed by atoms with Gasteiger partial charge in [-0.3, -0.25) is 0 Å². The lowest BCUT2D eigenvalue weighted by Crippen LogP contribution is -2.58. The SMILES string of the molecule is COC1C(O)C(O)C(CO)O[C@@H]1C. The summed E-state index contributed by atoms with van der Waals surface area (Å²) in [4.78, 5) is 0. The summed E-state index contributed by atoms with van der Waals surface area (Å²) in [6.45, 7) is 1.42. The van der Waals surface area contributed by atoms with Crippen LogP contribution >= 0.6 is 0 Å². The third-order valence-electron chi connectivity index (χ3n) is 2.37. The van der Waals surface area contributed by atoms with Gasteiger partial charge in [0.2, 0.25) is 0 Å². The first-order valence-corrected chi connectivity index (χ1v) is 4.27. The van der Waals surface area contributed by atoms with Gasteiger partial charge in [-0.05, 0) is 6.92 Å². The largest absolute Gasteiger partial charge is 0.394 e. The zero-order valence-electron chi connectivity index (χ0n) is 7.75. The average molecular weight is 192 g/mol. The van der Waals surface area contributed by atoms with Crippen molar-refractivity contribution in [3.8, 4) is 0 Å². The topological polar surface area (TPSA) is 79.2 Å². The predicted octanol–water partition coefficient (Wildman–Crippen LogP) is -1.50. The fourth-order valence-electron chi connectivity index (χ4n) is 1.61. The molecule has 3 N–H and O–H groups in total. The molecule has 5 atom stereocenters. The molecule has 1 heterocycles. The molecule has 0 amide bonds. The molecule has 78 valence electrons. The summed E-state index contributed by atoms with van der Waals surface area (Å²) < 4.78 is 10.2. The van der Waals surface area contributed by atoms with Crippen molar-refractivity contribution in [3.63, 3.8) is 0 Å². The first-order chi connectivity index (χ1) is 6.11. The highest BCUT2D eigenvalue weighted by molar-refractivity contribution is 4.90. The molecule has 1 aliphatic rings. The minimum atomic E-state index is -1.09. The lowest BCUT2D eigenvalue weighted by Gasteiger charge is -2.40. The summed E-state index contributed by atoms with van der Waals surface area (Å²) in [5.41, 5.74) is 0. The van der Waals surface area contributed by atoms with Crippen LogP contribution in [0.4, 0.5) is 0 Å². The van der Waals surface area contributed by atoms with Crippen molar-refractivity contribution in [2.45, 2.75) is 37.4 Å². The zero-order valence-corrected chi connectivity index (χ0v) is 7.75. The van der Waals surface area contributed by atoms with E-state index in [1.165, 1.54) is 7.11 Å². The molecule has 0 spiro atoms. The average Bonchev–Trinajstić information content (AvgIpc) is 2.12. The molecule has 0 aromatic carbocycles. The number of rotatable bonds is 2. The second kappa shape index (κ2) is 4.34. The van der Waals surface area contributed by atoms with Crippen molar-refractivity contribution in [1.29, 1.82) is 0 Å². The molecule has 1 fully saturated rings. The van der Waals surface area contributed by atoms with Crippen molar-refractivity contribution in [1.82, 2.24) is 0 Å². The fourth-order valence-corrected chi connectivity index (χ4v) is 1.61. The van der Waals surface area contributed by atoms with E-state index < -0.39 is 24.4 Å². The van der Waals surface area contributed by atoms with Crippen LogP contribution in [0.1, 0.15) is 6.92 Å². The Hall–Kier alpha value is -0.200. The predicted molar refractivity (Wildman–Crippen MR) is 44.2 cm³/mol. The van der Waals surface area contributed by atoms with Gasteiger partial charge < -0.3 is 24.8 Å². The van der Waals surface area contributed by atoms with Crippen LogP contribution < -0.4 is 0 Å². The van der Waals surface area contributed by atoms with Crippen LogP contribution in [-0.2, 0) is 9.47 Å². The fraction of sp³-hybridized carbons (Fsp3) is 1.00. The lowest BCUT2D eigenvalue weighted by atomic mass is 9.96. The number of methoxy groups -OCH3 is 1. The molecule has 0 aromatic heterocycles. The van der Waals surface area contributed by atoms with E-state index in [4.69, 9.17) is 14.6 Å². The molecule has 0 bridgehead atoms. The number of aliphatic hydroxyl groups is 3. The maximum Gasteiger partial charge on any atom is 0.111 e. The van der Waals surface area contributed by atoms with Crippen molar-refractivity contribution in [3.05, 3.63) is 0 Å². The second-order valence-corrected chi connectivity index (χ2v) is 3.24. The van der Waals surface area contributed by atoms with Crippen LogP contribution in [0.25, 0.3) is 0 Å².